The van der Waals surface area contributed by atoms with Crippen LogP contribution < -0.4 is 10.6 Å². The van der Waals surface area contributed by atoms with Gasteiger partial charge in [-0.3, -0.25) is 4.79 Å². The summed E-state index contributed by atoms with van der Waals surface area (Å²) in [4.78, 5) is 25.4. The van der Waals surface area contributed by atoms with Crippen molar-refractivity contribution in [2.45, 2.75) is 19.5 Å². The normalized spacial score (nSPS) is 10.7. The van der Waals surface area contributed by atoms with Crippen molar-refractivity contribution in [2.24, 2.45) is 0 Å². The summed E-state index contributed by atoms with van der Waals surface area (Å²) in [7, 11) is 0. The number of imidazole rings is 1. The van der Waals surface area contributed by atoms with E-state index in [0.29, 0.717) is 18.1 Å². The maximum absolute atomic E-state index is 12.5. The highest BCUT2D eigenvalue weighted by atomic mass is 79.9. The van der Waals surface area contributed by atoms with Crippen molar-refractivity contribution in [3.63, 3.8) is 0 Å². The Labute approximate surface area is 195 Å². The van der Waals surface area contributed by atoms with Gasteiger partial charge in [0, 0.05) is 53.8 Å². The number of aromatic nitrogens is 4. The molecule has 162 valence electrons. The number of rotatable bonds is 9. The average molecular weight is 491 g/mol. The van der Waals surface area contributed by atoms with Crippen LogP contribution in [0.5, 0.6) is 0 Å². The quantitative estimate of drug-likeness (QED) is 0.336. The highest BCUT2D eigenvalue weighted by Gasteiger charge is 2.07. The molecule has 0 aliphatic rings. The van der Waals surface area contributed by atoms with Gasteiger partial charge in [-0.25, -0.2) is 15.0 Å². The van der Waals surface area contributed by atoms with Crippen LogP contribution in [-0.2, 0) is 13.1 Å². The maximum atomic E-state index is 12.5. The fraction of sp³-hybridized carbons (Fsp3) is 0.167. The molecule has 0 spiro atoms. The standard InChI is InChI=1S/C24H23BrN6O/c25-21-4-1-3-18(15-21)16-29-23(32)20-7-5-19(6-8-20)22-9-11-28-24(30-22)27-10-2-13-31-14-12-26-17-31/h1,3-9,11-12,14-15,17H,2,10,13,16H2,(H,29,32)(H,27,28,30). The maximum Gasteiger partial charge on any atom is 0.251 e. The number of hydrogen-bond acceptors (Lipinski definition) is 5. The number of amides is 1. The Morgan fingerprint density at radius 3 is 2.72 bits per heavy atom. The first-order valence-electron chi connectivity index (χ1n) is 10.3. The fourth-order valence-corrected chi connectivity index (χ4v) is 3.66. The molecule has 0 bridgehead atoms. The van der Waals surface area contributed by atoms with Gasteiger partial charge in [-0.15, -0.1) is 0 Å². The molecule has 7 nitrogen and oxygen atoms in total. The zero-order valence-electron chi connectivity index (χ0n) is 17.4. The molecular weight excluding hydrogens is 468 g/mol. The number of nitrogens with zero attached hydrogens (tertiary/aromatic N) is 4. The first kappa shape index (κ1) is 21.7. The van der Waals surface area contributed by atoms with Gasteiger partial charge in [0.15, 0.2) is 0 Å². The monoisotopic (exact) mass is 490 g/mol. The van der Waals surface area contributed by atoms with Crippen LogP contribution in [0.4, 0.5) is 5.95 Å². The molecule has 0 radical (unpaired) electrons. The largest absolute Gasteiger partial charge is 0.354 e. The molecule has 8 heteroatoms. The van der Waals surface area contributed by atoms with Gasteiger partial charge >= 0.3 is 0 Å². The lowest BCUT2D eigenvalue weighted by Crippen LogP contribution is -2.22. The Balaban J connectivity index is 1.31. The van der Waals surface area contributed by atoms with Crippen LogP contribution in [0.1, 0.15) is 22.3 Å². The van der Waals surface area contributed by atoms with Gasteiger partial charge < -0.3 is 15.2 Å². The Hall–Kier alpha value is -3.52. The van der Waals surface area contributed by atoms with Gasteiger partial charge in [-0.05, 0) is 42.3 Å². The summed E-state index contributed by atoms with van der Waals surface area (Å²) in [6, 6.07) is 17.2. The Bertz CT molecular complexity index is 1160. The number of aryl methyl sites for hydroxylation is 1. The predicted octanol–water partition coefficient (Wildman–Crippen LogP) is 4.53. The van der Waals surface area contributed by atoms with E-state index in [-0.39, 0.29) is 5.91 Å². The first-order valence-corrected chi connectivity index (χ1v) is 11.1. The third-order valence-electron chi connectivity index (χ3n) is 4.88. The number of hydrogen-bond donors (Lipinski definition) is 2. The Kier molecular flexibility index (Phi) is 7.24. The van der Waals surface area contributed by atoms with E-state index < -0.39 is 0 Å². The molecule has 0 aliphatic carbocycles. The predicted molar refractivity (Wildman–Crippen MR) is 128 cm³/mol. The van der Waals surface area contributed by atoms with Gasteiger partial charge in [0.05, 0.1) is 12.0 Å². The molecule has 0 fully saturated rings. The minimum atomic E-state index is -0.112. The minimum absolute atomic E-state index is 0.112. The molecule has 32 heavy (non-hydrogen) atoms. The molecule has 2 aromatic carbocycles. The van der Waals surface area contributed by atoms with Crippen LogP contribution in [0, 0.1) is 0 Å². The van der Waals surface area contributed by atoms with Gasteiger partial charge in [0.2, 0.25) is 5.95 Å². The molecule has 0 saturated heterocycles. The molecule has 0 saturated carbocycles. The zero-order chi connectivity index (χ0) is 22.2. The number of anilines is 1. The van der Waals surface area contributed by atoms with E-state index in [9.17, 15) is 4.79 Å². The van der Waals surface area contributed by atoms with E-state index in [1.807, 2.05) is 71.7 Å². The smallest absolute Gasteiger partial charge is 0.251 e. The number of carbonyl (C=O) groups is 1. The molecule has 2 aromatic heterocycles. The molecule has 0 atom stereocenters. The summed E-state index contributed by atoms with van der Waals surface area (Å²) >= 11 is 3.44. The molecule has 0 aliphatic heterocycles. The van der Waals surface area contributed by atoms with Crippen LogP contribution >= 0.6 is 15.9 Å². The van der Waals surface area contributed by atoms with Gasteiger partial charge in [0.25, 0.3) is 5.91 Å². The lowest BCUT2D eigenvalue weighted by molar-refractivity contribution is 0.0951. The van der Waals surface area contributed by atoms with E-state index in [2.05, 4.69) is 41.5 Å². The third-order valence-corrected chi connectivity index (χ3v) is 5.37. The van der Waals surface area contributed by atoms with E-state index in [1.165, 1.54) is 0 Å². The van der Waals surface area contributed by atoms with E-state index in [1.54, 1.807) is 12.4 Å². The fourth-order valence-electron chi connectivity index (χ4n) is 3.21. The molecule has 1 amide bonds. The molecule has 2 N–H and O–H groups in total. The number of benzene rings is 2. The summed E-state index contributed by atoms with van der Waals surface area (Å²) in [5.41, 5.74) is 3.38. The molecule has 4 aromatic rings. The topological polar surface area (TPSA) is 84.7 Å². The van der Waals surface area contributed by atoms with Crippen molar-refractivity contribution in [3.8, 4) is 11.3 Å². The van der Waals surface area contributed by atoms with Gasteiger partial charge in [-0.1, -0.05) is 40.2 Å². The SMILES string of the molecule is O=C(NCc1cccc(Br)c1)c1ccc(-c2ccnc(NCCCn3ccnc3)n2)cc1. The van der Waals surface area contributed by atoms with Crippen LogP contribution in [-0.4, -0.2) is 32.0 Å². The van der Waals surface area contributed by atoms with Gasteiger partial charge in [0.1, 0.15) is 0 Å². The molecule has 2 heterocycles. The van der Waals surface area contributed by atoms with Crippen LogP contribution in [0.3, 0.4) is 0 Å². The molecular formula is C24H23BrN6O. The van der Waals surface area contributed by atoms with E-state index in [0.717, 1.165) is 40.8 Å². The first-order chi connectivity index (χ1) is 15.7. The van der Waals surface area contributed by atoms with Crippen LogP contribution in [0.2, 0.25) is 0 Å². The Morgan fingerprint density at radius 2 is 1.94 bits per heavy atom. The summed E-state index contributed by atoms with van der Waals surface area (Å²) < 4.78 is 3.03. The third kappa shape index (κ3) is 6.01. The summed E-state index contributed by atoms with van der Waals surface area (Å²) in [6.07, 6.45) is 8.20. The van der Waals surface area contributed by atoms with Crippen LogP contribution in [0.15, 0.2) is 84.0 Å². The minimum Gasteiger partial charge on any atom is -0.354 e. The van der Waals surface area contributed by atoms with Crippen molar-refractivity contribution in [3.05, 3.63) is 95.1 Å². The summed E-state index contributed by atoms with van der Waals surface area (Å²) in [5, 5.41) is 6.21. The molecule has 4 rings (SSSR count). The average Bonchev–Trinajstić information content (AvgIpc) is 3.34. The second-order valence-corrected chi connectivity index (χ2v) is 8.15. The number of nitrogens with one attached hydrogen (secondary N) is 2. The van der Waals surface area contributed by atoms with Crippen molar-refractivity contribution in [1.82, 2.24) is 24.8 Å². The lowest BCUT2D eigenvalue weighted by atomic mass is 10.1. The Morgan fingerprint density at radius 1 is 1.06 bits per heavy atom. The zero-order valence-corrected chi connectivity index (χ0v) is 19.0. The second-order valence-electron chi connectivity index (χ2n) is 7.24. The number of halogens is 1. The van der Waals surface area contributed by atoms with E-state index >= 15 is 0 Å². The van der Waals surface area contributed by atoms with Crippen molar-refractivity contribution in [2.75, 3.05) is 11.9 Å². The highest BCUT2D eigenvalue weighted by Crippen LogP contribution is 2.19. The van der Waals surface area contributed by atoms with Crippen molar-refractivity contribution >= 4 is 27.8 Å². The summed E-state index contributed by atoms with van der Waals surface area (Å²) in [5.74, 6) is 0.475. The lowest BCUT2D eigenvalue weighted by Gasteiger charge is -2.08. The van der Waals surface area contributed by atoms with E-state index in [4.69, 9.17) is 0 Å². The van der Waals surface area contributed by atoms with Crippen molar-refractivity contribution in [1.29, 1.82) is 0 Å². The second kappa shape index (κ2) is 10.7. The van der Waals surface area contributed by atoms with Crippen LogP contribution in [0.25, 0.3) is 11.3 Å². The summed E-state index contributed by atoms with van der Waals surface area (Å²) in [6.45, 7) is 2.12. The molecule has 0 unspecified atom stereocenters. The van der Waals surface area contributed by atoms with Crippen molar-refractivity contribution < 1.29 is 4.79 Å². The highest BCUT2D eigenvalue weighted by molar-refractivity contribution is 9.10. The van der Waals surface area contributed by atoms with Gasteiger partial charge in [-0.2, -0.15) is 0 Å². The number of carbonyl (C=O) groups excluding carboxylic acids is 1.